The number of carbonyl (C=O) groups is 3. The number of ether oxygens (including phenoxy) is 3. The average molecular weight is 1730 g/mol. The number of aliphatic hydroxyl groups excluding tert-OH is 2. The molecule has 0 fully saturated rings. The van der Waals surface area contributed by atoms with E-state index < -0.39 is 91.5 Å². The molecular weight excluding hydrogens is 1560 g/mol. The third kappa shape index (κ3) is 95.2. The van der Waals surface area contributed by atoms with Gasteiger partial charge < -0.3 is 34.2 Å². The average Bonchev–Trinajstić information content (AvgIpc) is 0.894. The van der Waals surface area contributed by atoms with Gasteiger partial charge in [-0.15, -0.1) is 0 Å². The summed E-state index contributed by atoms with van der Waals surface area (Å²) in [6.07, 6.45) is 124. The second kappa shape index (κ2) is 93.8. The van der Waals surface area contributed by atoms with Crippen LogP contribution in [0.1, 0.15) is 393 Å². The van der Waals surface area contributed by atoms with Gasteiger partial charge in [0.15, 0.2) is 6.10 Å². The Morgan fingerprint density at radius 3 is 0.694 bits per heavy atom. The van der Waals surface area contributed by atoms with Crippen molar-refractivity contribution in [2.45, 2.75) is 411 Å². The van der Waals surface area contributed by atoms with Gasteiger partial charge in [0.2, 0.25) is 0 Å². The first-order chi connectivity index (χ1) is 59.2. The topological polar surface area (TPSA) is 231 Å². The van der Waals surface area contributed by atoms with Crippen molar-refractivity contribution in [2.75, 3.05) is 39.6 Å². The number of allylic oxidation sites excluding steroid dienone is 30. The van der Waals surface area contributed by atoms with E-state index >= 15 is 0 Å². The molecule has 0 aliphatic heterocycles. The molecule has 0 aromatic carbocycles. The number of unbranched alkanes of at least 4 members (excludes halogenated alkanes) is 37. The molecule has 0 aromatic rings. The highest BCUT2D eigenvalue weighted by Crippen LogP contribution is 2.45. The molecule has 4 N–H and O–H groups in total. The number of phosphoric ester groups is 2. The van der Waals surface area contributed by atoms with Crippen LogP contribution >= 0.6 is 15.6 Å². The minimum atomic E-state index is -4.95. The maximum atomic E-state index is 13.1. The molecule has 0 spiro atoms. The summed E-state index contributed by atoms with van der Waals surface area (Å²) < 4.78 is 61.6. The molecule has 16 nitrogen and oxygen atoms in total. The molecule has 0 bridgehead atoms. The largest absolute Gasteiger partial charge is 0.472 e. The molecule has 18 heteroatoms. The first-order valence-corrected chi connectivity index (χ1v) is 51.1. The number of hydrogen-bond donors (Lipinski definition) is 4. The highest BCUT2D eigenvalue weighted by Gasteiger charge is 2.30. The molecule has 0 amide bonds. The van der Waals surface area contributed by atoms with Crippen LogP contribution in [0.5, 0.6) is 0 Å². The van der Waals surface area contributed by atoms with Crippen molar-refractivity contribution in [3.8, 4) is 0 Å². The molecule has 0 aromatic heterocycles. The fourth-order valence-electron chi connectivity index (χ4n) is 12.9. The van der Waals surface area contributed by atoms with E-state index in [0.29, 0.717) is 19.3 Å². The van der Waals surface area contributed by atoms with Crippen LogP contribution in [0.4, 0.5) is 0 Å². The first-order valence-electron chi connectivity index (χ1n) is 48.1. The third-order valence-corrected chi connectivity index (χ3v) is 22.0. The monoisotopic (exact) mass is 1730 g/mol. The summed E-state index contributed by atoms with van der Waals surface area (Å²) in [5.41, 5.74) is 0. The molecule has 0 rings (SSSR count). The molecule has 0 heterocycles. The van der Waals surface area contributed by atoms with E-state index in [-0.39, 0.29) is 19.3 Å². The number of rotatable bonds is 90. The zero-order valence-corrected chi connectivity index (χ0v) is 78.2. The maximum Gasteiger partial charge on any atom is 0.472 e. The van der Waals surface area contributed by atoms with E-state index in [2.05, 4.69) is 203 Å². The van der Waals surface area contributed by atoms with Gasteiger partial charge in [-0.25, -0.2) is 9.13 Å². The van der Waals surface area contributed by atoms with Gasteiger partial charge in [-0.3, -0.25) is 32.5 Å². The predicted molar refractivity (Wildman–Crippen MR) is 509 cm³/mol. The first kappa shape index (κ1) is 116. The van der Waals surface area contributed by atoms with Crippen LogP contribution in [-0.4, -0.2) is 95.9 Å². The van der Waals surface area contributed by atoms with Crippen molar-refractivity contribution in [3.05, 3.63) is 182 Å². The van der Waals surface area contributed by atoms with Crippen molar-refractivity contribution in [2.24, 2.45) is 0 Å². The standard InChI is InChI=1S/C103H174O16P2/c1-4-7-10-13-16-19-22-25-28-31-34-37-40-43-45-47-48-50-52-54-56-59-62-65-68-71-74-77-80-83-86-89-101(106)113-92-98(104)93-115-120(109,110)116-94-99(105)95-117-121(111,112)118-97-100(119-103(108)91-88-85-82-79-76-73-70-67-64-61-58-53-42-39-36-33-30-27-24-21-18-15-12-9-6-3)96-114-102(107)90-87-84-81-78-75-72-69-66-63-60-57-55-51-49-46-44-41-38-35-32-29-26-23-20-17-14-11-8-5-2/h7-8,10-11,16-21,25-30,34-39,43-46,48,50,53,58,98-100,104-105H,4-6,9,12-15,22-24,31-33,40-42,47,49,51-52,54-57,59-97H2,1-3H3,(H,109,110)(H,111,112)/b10-7-,11-8-,19-16-,20-17-,21-18-,28-25-,29-26-,30-27-,37-34-,38-35-,39-36-,45-43-,46-44-,50-48-,58-53-. The van der Waals surface area contributed by atoms with E-state index in [0.717, 1.165) is 180 Å². The number of hydrogen-bond acceptors (Lipinski definition) is 14. The molecule has 121 heavy (non-hydrogen) atoms. The third-order valence-electron chi connectivity index (χ3n) is 20.1. The van der Waals surface area contributed by atoms with Crippen molar-refractivity contribution in [3.63, 3.8) is 0 Å². The second-order valence-electron chi connectivity index (χ2n) is 31.8. The highest BCUT2D eigenvalue weighted by atomic mass is 31.2. The van der Waals surface area contributed by atoms with E-state index in [9.17, 15) is 43.5 Å². The number of esters is 3. The van der Waals surface area contributed by atoms with Gasteiger partial charge in [-0.05, 0) is 161 Å². The Bertz CT molecular complexity index is 2930. The summed E-state index contributed by atoms with van der Waals surface area (Å²) in [6.45, 7) is 2.47. The van der Waals surface area contributed by atoms with E-state index in [1.807, 2.05) is 0 Å². The zero-order chi connectivity index (χ0) is 87.9. The molecule has 5 unspecified atom stereocenters. The number of carbonyl (C=O) groups excluding carboxylic acids is 3. The second-order valence-corrected chi connectivity index (χ2v) is 34.7. The van der Waals surface area contributed by atoms with Crippen molar-refractivity contribution < 1.29 is 75.8 Å². The van der Waals surface area contributed by atoms with Crippen LogP contribution in [0.15, 0.2) is 182 Å². The van der Waals surface area contributed by atoms with Gasteiger partial charge >= 0.3 is 33.6 Å². The summed E-state index contributed by atoms with van der Waals surface area (Å²) in [5.74, 6) is -1.58. The minimum Gasteiger partial charge on any atom is -0.463 e. The van der Waals surface area contributed by atoms with Crippen LogP contribution in [0.2, 0.25) is 0 Å². The van der Waals surface area contributed by atoms with Gasteiger partial charge in [-0.2, -0.15) is 0 Å². The van der Waals surface area contributed by atoms with Crippen LogP contribution in [0, 0.1) is 0 Å². The van der Waals surface area contributed by atoms with Gasteiger partial charge in [-0.1, -0.05) is 396 Å². The highest BCUT2D eigenvalue weighted by molar-refractivity contribution is 7.47. The van der Waals surface area contributed by atoms with Crippen LogP contribution in [0.3, 0.4) is 0 Å². The lowest BCUT2D eigenvalue weighted by molar-refractivity contribution is -0.161. The number of aliphatic hydroxyl groups is 2. The van der Waals surface area contributed by atoms with E-state index in [1.165, 1.54) is 154 Å². The molecule has 0 aliphatic rings. The molecular formula is C103H174O16P2. The predicted octanol–water partition coefficient (Wildman–Crippen LogP) is 30.0. The van der Waals surface area contributed by atoms with Crippen molar-refractivity contribution >= 4 is 33.6 Å². The Balaban J connectivity index is 4.64. The quantitative estimate of drug-likeness (QED) is 0.0146. The number of phosphoric acid groups is 2. The summed E-state index contributed by atoms with van der Waals surface area (Å²) in [7, 11) is -9.82. The molecule has 692 valence electrons. The zero-order valence-electron chi connectivity index (χ0n) is 76.4. The normalized spacial score (nSPS) is 14.5. The molecule has 5 atom stereocenters. The Kier molecular flexibility index (Phi) is 89.6. The Hall–Kier alpha value is -5.35. The van der Waals surface area contributed by atoms with Crippen molar-refractivity contribution in [1.82, 2.24) is 0 Å². The van der Waals surface area contributed by atoms with E-state index in [1.54, 1.807) is 0 Å². The smallest absolute Gasteiger partial charge is 0.463 e. The molecule has 0 radical (unpaired) electrons. The maximum absolute atomic E-state index is 13.1. The summed E-state index contributed by atoms with van der Waals surface area (Å²) in [5, 5.41) is 20.8. The Morgan fingerprint density at radius 2 is 0.438 bits per heavy atom. The fraction of sp³-hybridized carbons (Fsp3) is 0.680. The SMILES string of the molecule is CC/C=C\C/C=C\C/C=C\C/C=C\C/C=C\C/C=C\CCCCCCCCCCCCCCC(=O)OCC(O)COP(=O)(O)OCC(O)COP(=O)(O)OCC(COC(=O)CCCCCCCCCCCCCCC/C=C\C/C=C\C/C=C\C/C=C\C/C=C\CC)OC(=O)CCCCCCCCCCC/C=C\C/C=C\C/C=C\C/C=C\CCCCC. The molecule has 0 aliphatic carbocycles. The van der Waals surface area contributed by atoms with Gasteiger partial charge in [0, 0.05) is 19.3 Å². The Labute approximate surface area is 738 Å². The molecule has 0 saturated heterocycles. The summed E-state index contributed by atoms with van der Waals surface area (Å²) in [4.78, 5) is 59.1. The van der Waals surface area contributed by atoms with E-state index in [4.69, 9.17) is 32.3 Å². The lowest BCUT2D eigenvalue weighted by Gasteiger charge is -2.21. The summed E-state index contributed by atoms with van der Waals surface area (Å²) >= 11 is 0. The van der Waals surface area contributed by atoms with Gasteiger partial charge in [0.05, 0.1) is 26.4 Å². The van der Waals surface area contributed by atoms with Gasteiger partial charge in [0.1, 0.15) is 25.4 Å². The summed E-state index contributed by atoms with van der Waals surface area (Å²) in [6, 6.07) is 0. The molecule has 0 saturated carbocycles. The lowest BCUT2D eigenvalue weighted by atomic mass is 10.0. The van der Waals surface area contributed by atoms with Crippen LogP contribution in [0.25, 0.3) is 0 Å². The fourth-order valence-corrected chi connectivity index (χ4v) is 14.5. The lowest BCUT2D eigenvalue weighted by Crippen LogP contribution is -2.30. The Morgan fingerprint density at radius 1 is 0.240 bits per heavy atom. The minimum absolute atomic E-state index is 0.0932. The van der Waals surface area contributed by atoms with Crippen molar-refractivity contribution in [1.29, 1.82) is 0 Å². The van der Waals surface area contributed by atoms with Crippen LogP contribution < -0.4 is 0 Å². The van der Waals surface area contributed by atoms with Gasteiger partial charge in [0.25, 0.3) is 0 Å². The van der Waals surface area contributed by atoms with Crippen LogP contribution in [-0.2, 0) is 55.8 Å².